The zero-order valence-corrected chi connectivity index (χ0v) is 15.7. The highest BCUT2D eigenvalue weighted by Crippen LogP contribution is 2.41. The van der Waals surface area contributed by atoms with Crippen LogP contribution in [0.5, 0.6) is 0 Å². The van der Waals surface area contributed by atoms with Crippen molar-refractivity contribution in [3.8, 4) is 0 Å². The van der Waals surface area contributed by atoms with Crippen molar-refractivity contribution in [2.75, 3.05) is 6.61 Å². The van der Waals surface area contributed by atoms with Gasteiger partial charge in [-0.1, -0.05) is 38.2 Å². The van der Waals surface area contributed by atoms with E-state index in [-0.39, 0.29) is 30.7 Å². The Morgan fingerprint density at radius 3 is 2.58 bits per heavy atom. The first kappa shape index (κ1) is 21.4. The number of hydrogen-bond acceptors (Lipinski definition) is 4. The van der Waals surface area contributed by atoms with Crippen LogP contribution in [-0.4, -0.2) is 45.8 Å². The first-order valence-electron chi connectivity index (χ1n) is 9.14. The molecule has 0 aromatic rings. The standard InChI is InChI=1S/C20H36O4/c1-6-7-8-19-16(4)12-20(5,24-19)11-15(3)14(2)9-17(22)10-18(23)13-21/h6-7,14,16-19,21-23H,3,8-13H2,1-2,4-5H3/b7-6+/t14-,16+,17+,18+,19+,20-/m0/s1. The van der Waals surface area contributed by atoms with Crippen molar-refractivity contribution in [3.63, 3.8) is 0 Å². The van der Waals surface area contributed by atoms with Crippen molar-refractivity contribution < 1.29 is 20.1 Å². The minimum absolute atomic E-state index is 0.149. The highest BCUT2D eigenvalue weighted by atomic mass is 16.5. The van der Waals surface area contributed by atoms with Gasteiger partial charge < -0.3 is 20.1 Å². The SMILES string of the molecule is C=C(C[C@@]1(C)C[C@@H](C)[C@@H](C/C=C/C)O1)[C@@H](C)C[C@@H](O)C[C@@H](O)CO. The lowest BCUT2D eigenvalue weighted by atomic mass is 9.83. The summed E-state index contributed by atoms with van der Waals surface area (Å²) in [5.41, 5.74) is 0.890. The minimum atomic E-state index is -0.857. The fraction of sp³-hybridized carbons (Fsp3) is 0.800. The van der Waals surface area contributed by atoms with E-state index >= 15 is 0 Å². The van der Waals surface area contributed by atoms with Gasteiger partial charge >= 0.3 is 0 Å². The Morgan fingerprint density at radius 2 is 2.00 bits per heavy atom. The zero-order chi connectivity index (χ0) is 18.3. The summed E-state index contributed by atoms with van der Waals surface area (Å²) in [4.78, 5) is 0. The lowest BCUT2D eigenvalue weighted by Gasteiger charge is -2.29. The molecular formula is C20H36O4. The summed E-state index contributed by atoms with van der Waals surface area (Å²) in [7, 11) is 0. The van der Waals surface area contributed by atoms with Crippen LogP contribution in [0, 0.1) is 11.8 Å². The Morgan fingerprint density at radius 1 is 1.33 bits per heavy atom. The smallest absolute Gasteiger partial charge is 0.0795 e. The summed E-state index contributed by atoms with van der Waals surface area (Å²) in [6, 6.07) is 0. The Bertz CT molecular complexity index is 420. The van der Waals surface area contributed by atoms with Gasteiger partial charge in [-0.15, -0.1) is 0 Å². The third-order valence-electron chi connectivity index (χ3n) is 5.11. The first-order chi connectivity index (χ1) is 11.2. The van der Waals surface area contributed by atoms with Crippen LogP contribution in [-0.2, 0) is 4.74 Å². The predicted octanol–water partition coefficient (Wildman–Crippen LogP) is 3.21. The van der Waals surface area contributed by atoms with Gasteiger partial charge in [0.2, 0.25) is 0 Å². The number of rotatable bonds is 10. The molecule has 0 radical (unpaired) electrons. The molecule has 140 valence electrons. The largest absolute Gasteiger partial charge is 0.394 e. The van der Waals surface area contributed by atoms with Crippen LogP contribution < -0.4 is 0 Å². The van der Waals surface area contributed by atoms with E-state index < -0.39 is 12.2 Å². The number of hydrogen-bond donors (Lipinski definition) is 3. The molecule has 0 spiro atoms. The second kappa shape index (κ2) is 9.71. The number of allylic oxidation sites excluding steroid dienone is 1. The zero-order valence-electron chi connectivity index (χ0n) is 15.7. The Balaban J connectivity index is 2.51. The third kappa shape index (κ3) is 6.67. The third-order valence-corrected chi connectivity index (χ3v) is 5.11. The van der Waals surface area contributed by atoms with E-state index in [1.807, 2.05) is 6.92 Å². The second-order valence-electron chi connectivity index (χ2n) is 7.79. The first-order valence-corrected chi connectivity index (χ1v) is 9.14. The molecule has 6 atom stereocenters. The van der Waals surface area contributed by atoms with E-state index in [1.165, 1.54) is 0 Å². The topological polar surface area (TPSA) is 69.9 Å². The monoisotopic (exact) mass is 340 g/mol. The van der Waals surface area contributed by atoms with Gasteiger partial charge in [0.1, 0.15) is 0 Å². The van der Waals surface area contributed by atoms with Gasteiger partial charge in [0.25, 0.3) is 0 Å². The molecule has 1 saturated heterocycles. The highest BCUT2D eigenvalue weighted by molar-refractivity contribution is 5.07. The Kier molecular flexibility index (Phi) is 8.65. The van der Waals surface area contributed by atoms with Crippen LogP contribution in [0.3, 0.4) is 0 Å². The molecule has 0 saturated carbocycles. The molecule has 0 aromatic heterocycles. The van der Waals surface area contributed by atoms with Crippen LogP contribution >= 0.6 is 0 Å². The average molecular weight is 341 g/mol. The summed E-state index contributed by atoms with van der Waals surface area (Å²) < 4.78 is 6.32. The predicted molar refractivity (Wildman–Crippen MR) is 97.7 cm³/mol. The highest BCUT2D eigenvalue weighted by Gasteiger charge is 2.41. The van der Waals surface area contributed by atoms with Crippen molar-refractivity contribution >= 4 is 0 Å². The van der Waals surface area contributed by atoms with Gasteiger partial charge in [0.15, 0.2) is 0 Å². The molecule has 3 N–H and O–H groups in total. The van der Waals surface area contributed by atoms with Crippen LogP contribution in [0.1, 0.15) is 59.8 Å². The van der Waals surface area contributed by atoms with Gasteiger partial charge in [0, 0.05) is 6.42 Å². The molecule has 0 amide bonds. The van der Waals surface area contributed by atoms with E-state index in [9.17, 15) is 10.2 Å². The van der Waals surface area contributed by atoms with E-state index in [0.717, 1.165) is 24.8 Å². The molecule has 0 aromatic carbocycles. The summed E-state index contributed by atoms with van der Waals surface area (Å²) in [6.45, 7) is 12.4. The van der Waals surface area contributed by atoms with Crippen molar-refractivity contribution in [1.82, 2.24) is 0 Å². The number of aliphatic hydroxyl groups excluding tert-OH is 3. The Hall–Kier alpha value is -0.680. The lowest BCUT2D eigenvalue weighted by molar-refractivity contribution is -0.0318. The van der Waals surface area contributed by atoms with Gasteiger partial charge in [-0.3, -0.25) is 0 Å². The average Bonchev–Trinajstić information content (AvgIpc) is 2.78. The molecule has 0 bridgehead atoms. The molecular weight excluding hydrogens is 304 g/mol. The second-order valence-corrected chi connectivity index (χ2v) is 7.79. The minimum Gasteiger partial charge on any atom is -0.394 e. The summed E-state index contributed by atoms with van der Waals surface area (Å²) in [5, 5.41) is 28.3. The van der Waals surface area contributed by atoms with E-state index in [4.69, 9.17) is 9.84 Å². The molecule has 1 aliphatic heterocycles. The molecule has 1 aliphatic rings. The summed E-state index contributed by atoms with van der Waals surface area (Å²) in [5.74, 6) is 0.677. The van der Waals surface area contributed by atoms with Crippen molar-refractivity contribution in [2.45, 2.75) is 83.7 Å². The van der Waals surface area contributed by atoms with Crippen LogP contribution in [0.2, 0.25) is 0 Å². The van der Waals surface area contributed by atoms with Gasteiger partial charge in [-0.2, -0.15) is 0 Å². The van der Waals surface area contributed by atoms with Gasteiger partial charge in [-0.05, 0) is 51.4 Å². The molecule has 1 heterocycles. The van der Waals surface area contributed by atoms with Crippen molar-refractivity contribution in [1.29, 1.82) is 0 Å². The van der Waals surface area contributed by atoms with Gasteiger partial charge in [0.05, 0.1) is 30.5 Å². The van der Waals surface area contributed by atoms with E-state index in [2.05, 4.69) is 39.5 Å². The molecule has 4 heteroatoms. The quantitative estimate of drug-likeness (QED) is 0.534. The molecule has 0 aliphatic carbocycles. The van der Waals surface area contributed by atoms with Crippen molar-refractivity contribution in [3.05, 3.63) is 24.3 Å². The van der Waals surface area contributed by atoms with Gasteiger partial charge in [-0.25, -0.2) is 0 Å². The van der Waals surface area contributed by atoms with E-state index in [1.54, 1.807) is 0 Å². The Labute approximate surface area is 147 Å². The molecule has 4 nitrogen and oxygen atoms in total. The van der Waals surface area contributed by atoms with Crippen molar-refractivity contribution in [2.24, 2.45) is 11.8 Å². The summed E-state index contributed by atoms with van der Waals surface area (Å²) >= 11 is 0. The molecule has 24 heavy (non-hydrogen) atoms. The molecule has 1 rings (SSSR count). The fourth-order valence-corrected chi connectivity index (χ4v) is 3.72. The normalized spacial score (nSPS) is 31.3. The van der Waals surface area contributed by atoms with Crippen LogP contribution in [0.25, 0.3) is 0 Å². The van der Waals surface area contributed by atoms with Crippen LogP contribution in [0.4, 0.5) is 0 Å². The number of aliphatic hydroxyl groups is 3. The lowest BCUT2D eigenvalue weighted by Crippen LogP contribution is -2.28. The maximum Gasteiger partial charge on any atom is 0.0795 e. The van der Waals surface area contributed by atoms with Crippen LogP contribution in [0.15, 0.2) is 24.3 Å². The maximum atomic E-state index is 10.0. The summed E-state index contributed by atoms with van der Waals surface area (Å²) in [6.07, 6.45) is 6.51. The molecule has 0 unspecified atom stereocenters. The maximum absolute atomic E-state index is 10.0. The van der Waals surface area contributed by atoms with E-state index in [0.29, 0.717) is 12.3 Å². The molecule has 1 fully saturated rings. The number of ether oxygens (including phenoxy) is 1. The fourth-order valence-electron chi connectivity index (χ4n) is 3.72.